The van der Waals surface area contributed by atoms with Crippen molar-refractivity contribution >= 4 is 11.8 Å². The van der Waals surface area contributed by atoms with Gasteiger partial charge < -0.3 is 14.8 Å². The molecule has 172 valence electrons. The highest BCUT2D eigenvalue weighted by atomic mass is 16.2. The van der Waals surface area contributed by atoms with Crippen LogP contribution in [0.5, 0.6) is 0 Å². The molecule has 0 bridgehead atoms. The maximum absolute atomic E-state index is 13.3. The average Bonchev–Trinajstić information content (AvgIpc) is 2.74. The zero-order valence-corrected chi connectivity index (χ0v) is 19.5. The molecule has 0 spiro atoms. The third-order valence-corrected chi connectivity index (χ3v) is 6.50. The van der Waals surface area contributed by atoms with Gasteiger partial charge in [0.2, 0.25) is 5.43 Å². The molecule has 2 fully saturated rings. The zero-order chi connectivity index (χ0) is 22.5. The van der Waals surface area contributed by atoms with Crippen molar-refractivity contribution in [2.45, 2.75) is 78.4 Å². The van der Waals surface area contributed by atoms with Crippen LogP contribution in [0.2, 0.25) is 0 Å². The minimum Gasteiger partial charge on any atom is -0.352 e. The highest BCUT2D eigenvalue weighted by molar-refractivity contribution is 5.99. The molecule has 0 aromatic carbocycles. The quantitative estimate of drug-likeness (QED) is 0.753. The number of amides is 2. The van der Waals surface area contributed by atoms with E-state index in [2.05, 4.69) is 24.1 Å². The Bertz CT molecular complexity index is 832. The van der Waals surface area contributed by atoms with Crippen molar-refractivity contribution < 1.29 is 9.59 Å². The summed E-state index contributed by atoms with van der Waals surface area (Å²) in [7, 11) is 0. The minimum absolute atomic E-state index is 0.0659. The molecular formula is C24H38N4O3. The second kappa shape index (κ2) is 10.4. The summed E-state index contributed by atoms with van der Waals surface area (Å²) < 4.78 is 1.91. The van der Waals surface area contributed by atoms with Gasteiger partial charge in [-0.15, -0.1) is 0 Å². The van der Waals surface area contributed by atoms with Gasteiger partial charge in [0.15, 0.2) is 0 Å². The first kappa shape index (κ1) is 23.5. The van der Waals surface area contributed by atoms with Gasteiger partial charge in [-0.3, -0.25) is 19.3 Å². The van der Waals surface area contributed by atoms with Crippen LogP contribution in [0.25, 0.3) is 0 Å². The summed E-state index contributed by atoms with van der Waals surface area (Å²) in [6, 6.07) is 0.357. The van der Waals surface area contributed by atoms with E-state index in [-0.39, 0.29) is 23.1 Å². The first-order chi connectivity index (χ1) is 14.8. The molecule has 31 heavy (non-hydrogen) atoms. The van der Waals surface area contributed by atoms with E-state index in [4.69, 9.17) is 0 Å². The first-order valence-corrected chi connectivity index (χ1v) is 11.8. The van der Waals surface area contributed by atoms with Gasteiger partial charge in [-0.1, -0.05) is 19.3 Å². The summed E-state index contributed by atoms with van der Waals surface area (Å²) in [5.74, 6) is -0.142. The lowest BCUT2D eigenvalue weighted by molar-refractivity contribution is 0.0593. The number of hydrogen-bond donors (Lipinski definition) is 1. The Hall–Kier alpha value is -2.15. The average molecular weight is 431 g/mol. The fourth-order valence-corrected chi connectivity index (χ4v) is 4.67. The van der Waals surface area contributed by atoms with Crippen molar-refractivity contribution in [3.8, 4) is 0 Å². The summed E-state index contributed by atoms with van der Waals surface area (Å²) in [5, 5.41) is 2.81. The number of hydrogen-bond acceptors (Lipinski definition) is 4. The lowest BCUT2D eigenvalue weighted by Crippen LogP contribution is -2.51. The Morgan fingerprint density at radius 3 is 2.16 bits per heavy atom. The van der Waals surface area contributed by atoms with E-state index in [1.165, 1.54) is 19.3 Å². The lowest BCUT2D eigenvalue weighted by atomic mass is 9.89. The normalized spacial score (nSPS) is 18.6. The zero-order valence-electron chi connectivity index (χ0n) is 19.5. The van der Waals surface area contributed by atoms with Gasteiger partial charge in [0.05, 0.1) is 0 Å². The highest BCUT2D eigenvalue weighted by Crippen LogP contribution is 2.25. The first-order valence-electron chi connectivity index (χ1n) is 11.8. The van der Waals surface area contributed by atoms with Gasteiger partial charge in [0.25, 0.3) is 11.8 Å². The monoisotopic (exact) mass is 430 g/mol. The van der Waals surface area contributed by atoms with E-state index in [1.54, 1.807) is 17.3 Å². The Kier molecular flexibility index (Phi) is 7.92. The molecule has 2 amide bonds. The minimum atomic E-state index is -0.464. The molecule has 2 aliphatic rings. The molecule has 2 heterocycles. The molecule has 7 nitrogen and oxygen atoms in total. The predicted octanol–water partition coefficient (Wildman–Crippen LogP) is 2.73. The SMILES string of the molecule is CC(C)NC(=O)c1cn(CC2CCCCC2)cc(C(=O)N2CCN(C(C)C)CC2)c1=O. The Labute approximate surface area is 185 Å². The fraction of sp³-hybridized carbons (Fsp3) is 0.708. The van der Waals surface area contributed by atoms with E-state index >= 15 is 0 Å². The maximum atomic E-state index is 13.3. The molecule has 1 aromatic heterocycles. The smallest absolute Gasteiger partial charge is 0.259 e. The Morgan fingerprint density at radius 2 is 1.58 bits per heavy atom. The van der Waals surface area contributed by atoms with Crippen LogP contribution in [0.4, 0.5) is 0 Å². The van der Waals surface area contributed by atoms with Crippen molar-refractivity contribution in [2.75, 3.05) is 26.2 Å². The van der Waals surface area contributed by atoms with Gasteiger partial charge in [-0.25, -0.2) is 0 Å². The van der Waals surface area contributed by atoms with Crippen LogP contribution >= 0.6 is 0 Å². The molecule has 1 N–H and O–H groups in total. The number of aromatic nitrogens is 1. The second-order valence-electron chi connectivity index (χ2n) is 9.67. The molecular weight excluding hydrogens is 392 g/mol. The van der Waals surface area contributed by atoms with Crippen LogP contribution in [0.3, 0.4) is 0 Å². The van der Waals surface area contributed by atoms with Crippen molar-refractivity contribution in [3.63, 3.8) is 0 Å². The second-order valence-corrected chi connectivity index (χ2v) is 9.67. The van der Waals surface area contributed by atoms with Gasteiger partial charge in [0.1, 0.15) is 11.1 Å². The number of nitrogens with one attached hydrogen (secondary N) is 1. The summed E-state index contributed by atoms with van der Waals surface area (Å²) >= 11 is 0. The topological polar surface area (TPSA) is 74.7 Å². The van der Waals surface area contributed by atoms with Crippen molar-refractivity contribution in [1.29, 1.82) is 0 Å². The third kappa shape index (κ3) is 5.97. The molecule has 0 atom stereocenters. The third-order valence-electron chi connectivity index (χ3n) is 6.50. The number of nitrogens with zero attached hydrogens (tertiary/aromatic N) is 3. The molecule has 1 saturated carbocycles. The van der Waals surface area contributed by atoms with Crippen molar-refractivity contribution in [1.82, 2.24) is 19.7 Å². The molecule has 1 saturated heterocycles. The van der Waals surface area contributed by atoms with Crippen LogP contribution in [0.15, 0.2) is 17.2 Å². The van der Waals surface area contributed by atoms with Crippen LogP contribution in [-0.2, 0) is 6.54 Å². The number of piperazine rings is 1. The van der Waals surface area contributed by atoms with E-state index in [0.717, 1.165) is 32.5 Å². The summed E-state index contributed by atoms with van der Waals surface area (Å²) in [4.78, 5) is 43.3. The molecule has 3 rings (SSSR count). The largest absolute Gasteiger partial charge is 0.352 e. The number of carbonyl (C=O) groups is 2. The lowest BCUT2D eigenvalue weighted by Gasteiger charge is -2.37. The van der Waals surface area contributed by atoms with Gasteiger partial charge in [0, 0.05) is 57.2 Å². The Balaban J connectivity index is 1.88. The molecule has 0 radical (unpaired) electrons. The van der Waals surface area contributed by atoms with Gasteiger partial charge >= 0.3 is 0 Å². The van der Waals surface area contributed by atoms with Crippen LogP contribution < -0.4 is 10.7 Å². The molecule has 1 aromatic rings. The van der Waals surface area contributed by atoms with E-state index in [0.29, 0.717) is 25.0 Å². The van der Waals surface area contributed by atoms with Crippen LogP contribution in [0, 0.1) is 5.92 Å². The summed E-state index contributed by atoms with van der Waals surface area (Å²) in [6.07, 6.45) is 9.34. The van der Waals surface area contributed by atoms with E-state index < -0.39 is 11.3 Å². The predicted molar refractivity (Wildman–Crippen MR) is 122 cm³/mol. The van der Waals surface area contributed by atoms with E-state index in [9.17, 15) is 14.4 Å². The Morgan fingerprint density at radius 1 is 0.968 bits per heavy atom. The van der Waals surface area contributed by atoms with Gasteiger partial charge in [-0.05, 0) is 46.5 Å². The molecule has 7 heteroatoms. The summed E-state index contributed by atoms with van der Waals surface area (Å²) in [6.45, 7) is 11.6. The highest BCUT2D eigenvalue weighted by Gasteiger charge is 2.27. The van der Waals surface area contributed by atoms with Gasteiger partial charge in [-0.2, -0.15) is 0 Å². The van der Waals surface area contributed by atoms with Crippen LogP contribution in [-0.4, -0.2) is 64.4 Å². The van der Waals surface area contributed by atoms with Crippen LogP contribution in [0.1, 0.15) is 80.5 Å². The molecule has 0 unspecified atom stereocenters. The standard InChI is InChI=1S/C24H38N4O3/c1-17(2)25-23(30)20-15-26(14-19-8-6-5-7-9-19)16-21(22(20)29)24(31)28-12-10-27(11-13-28)18(3)4/h15-19H,5-14H2,1-4H3,(H,25,30). The number of rotatable bonds is 6. The van der Waals surface area contributed by atoms with Crippen molar-refractivity contribution in [2.24, 2.45) is 5.92 Å². The summed E-state index contributed by atoms with van der Waals surface area (Å²) in [5.41, 5.74) is -0.282. The van der Waals surface area contributed by atoms with E-state index in [1.807, 2.05) is 18.4 Å². The fourth-order valence-electron chi connectivity index (χ4n) is 4.67. The number of carbonyl (C=O) groups excluding carboxylic acids is 2. The molecule has 1 aliphatic carbocycles. The van der Waals surface area contributed by atoms with Crippen molar-refractivity contribution in [3.05, 3.63) is 33.7 Å². The number of pyridine rings is 1. The maximum Gasteiger partial charge on any atom is 0.259 e. The molecule has 1 aliphatic heterocycles.